The van der Waals surface area contributed by atoms with E-state index >= 15 is 0 Å². The molecule has 2 nitrogen and oxygen atoms in total. The number of aliphatic carboxylic acids is 1. The van der Waals surface area contributed by atoms with Gasteiger partial charge in [0.15, 0.2) is 0 Å². The van der Waals surface area contributed by atoms with Crippen molar-refractivity contribution in [3.05, 3.63) is 34.4 Å². The molecule has 92 valence electrons. The van der Waals surface area contributed by atoms with Crippen molar-refractivity contribution < 1.29 is 9.90 Å². The first-order valence-electron chi connectivity index (χ1n) is 6.07. The molecule has 0 radical (unpaired) electrons. The molecule has 1 aromatic carbocycles. The van der Waals surface area contributed by atoms with E-state index in [4.69, 9.17) is 0 Å². The van der Waals surface area contributed by atoms with Crippen LogP contribution in [0, 0.1) is 32.1 Å². The molecule has 1 aromatic rings. The quantitative estimate of drug-likeness (QED) is 0.848. The summed E-state index contributed by atoms with van der Waals surface area (Å²) >= 11 is 0. The third kappa shape index (κ3) is 1.76. The number of rotatable bonds is 2. The SMILES string of the molecule is Cc1cc(C)c(C2C(C(=O)O)C2(C)C)c(C)c1. The predicted molar refractivity (Wildman–Crippen MR) is 68.3 cm³/mol. The van der Waals surface area contributed by atoms with Crippen LogP contribution < -0.4 is 0 Å². The zero-order valence-electron chi connectivity index (χ0n) is 11.2. The molecule has 0 bridgehead atoms. The Bertz CT molecular complexity index is 463. The van der Waals surface area contributed by atoms with Gasteiger partial charge < -0.3 is 5.11 Å². The monoisotopic (exact) mass is 232 g/mol. The van der Waals surface area contributed by atoms with Gasteiger partial charge in [-0.25, -0.2) is 0 Å². The summed E-state index contributed by atoms with van der Waals surface area (Å²) in [7, 11) is 0. The first-order chi connectivity index (χ1) is 7.76. The highest BCUT2D eigenvalue weighted by atomic mass is 16.4. The van der Waals surface area contributed by atoms with Crippen molar-refractivity contribution >= 4 is 5.97 Å². The number of carboxylic acid groups (broad SMARTS) is 1. The van der Waals surface area contributed by atoms with Crippen molar-refractivity contribution in [3.8, 4) is 0 Å². The standard InChI is InChI=1S/C15H20O2/c1-8-6-9(2)11(10(3)7-8)12-13(14(16)17)15(12,4)5/h6-7,12-13H,1-5H3,(H,16,17). The van der Waals surface area contributed by atoms with E-state index in [1.165, 1.54) is 22.3 Å². The lowest BCUT2D eigenvalue weighted by atomic mass is 9.93. The number of hydrogen-bond donors (Lipinski definition) is 1. The van der Waals surface area contributed by atoms with Crippen molar-refractivity contribution in [3.63, 3.8) is 0 Å². The minimum absolute atomic E-state index is 0.114. The maximum absolute atomic E-state index is 11.3. The summed E-state index contributed by atoms with van der Waals surface area (Å²) in [6, 6.07) is 4.30. The summed E-state index contributed by atoms with van der Waals surface area (Å²) in [5.74, 6) is -0.734. The van der Waals surface area contributed by atoms with E-state index in [0.29, 0.717) is 0 Å². The van der Waals surface area contributed by atoms with Crippen LogP contribution in [0.2, 0.25) is 0 Å². The Labute approximate surface area is 103 Å². The zero-order valence-corrected chi connectivity index (χ0v) is 11.2. The Morgan fingerprint density at radius 3 is 2.00 bits per heavy atom. The predicted octanol–water partition coefficient (Wildman–Crippen LogP) is 3.44. The van der Waals surface area contributed by atoms with Gasteiger partial charge in [0, 0.05) is 5.92 Å². The fourth-order valence-electron chi connectivity index (χ4n) is 3.32. The maximum Gasteiger partial charge on any atom is 0.307 e. The van der Waals surface area contributed by atoms with E-state index in [1.807, 2.05) is 0 Å². The van der Waals surface area contributed by atoms with Gasteiger partial charge in [-0.15, -0.1) is 0 Å². The Morgan fingerprint density at radius 2 is 1.65 bits per heavy atom. The average molecular weight is 232 g/mol. The molecule has 17 heavy (non-hydrogen) atoms. The fourth-order valence-corrected chi connectivity index (χ4v) is 3.32. The van der Waals surface area contributed by atoms with Crippen LogP contribution in [-0.4, -0.2) is 11.1 Å². The second kappa shape index (κ2) is 3.59. The molecule has 0 amide bonds. The molecule has 0 aliphatic heterocycles. The molecule has 0 heterocycles. The molecule has 1 aliphatic carbocycles. The van der Waals surface area contributed by atoms with Gasteiger partial charge in [-0.3, -0.25) is 4.79 Å². The van der Waals surface area contributed by atoms with Gasteiger partial charge >= 0.3 is 5.97 Å². The van der Waals surface area contributed by atoms with Crippen molar-refractivity contribution in [1.82, 2.24) is 0 Å². The van der Waals surface area contributed by atoms with Gasteiger partial charge in [0.05, 0.1) is 5.92 Å². The van der Waals surface area contributed by atoms with Crippen molar-refractivity contribution in [2.24, 2.45) is 11.3 Å². The summed E-state index contributed by atoms with van der Waals surface area (Å²) in [5.41, 5.74) is 4.83. The highest BCUT2D eigenvalue weighted by Crippen LogP contribution is 2.65. The second-order valence-corrected chi connectivity index (χ2v) is 5.93. The Hall–Kier alpha value is -1.31. The molecule has 0 spiro atoms. The third-order valence-corrected chi connectivity index (χ3v) is 4.14. The first-order valence-corrected chi connectivity index (χ1v) is 6.07. The lowest BCUT2D eigenvalue weighted by Gasteiger charge is -2.12. The van der Waals surface area contributed by atoms with Gasteiger partial charge in [0.25, 0.3) is 0 Å². The fraction of sp³-hybridized carbons (Fsp3) is 0.533. The first kappa shape index (κ1) is 12.2. The van der Waals surface area contributed by atoms with Crippen LogP contribution >= 0.6 is 0 Å². The summed E-state index contributed by atoms with van der Waals surface area (Å²) < 4.78 is 0. The molecule has 2 atom stereocenters. The molecule has 2 rings (SSSR count). The summed E-state index contributed by atoms with van der Waals surface area (Å²) in [4.78, 5) is 11.3. The lowest BCUT2D eigenvalue weighted by molar-refractivity contribution is -0.139. The Balaban J connectivity index is 2.47. The molecule has 0 saturated heterocycles. The Morgan fingerprint density at radius 1 is 1.18 bits per heavy atom. The molecular formula is C15H20O2. The van der Waals surface area contributed by atoms with Crippen LogP contribution in [-0.2, 0) is 4.79 Å². The molecule has 2 heteroatoms. The number of carbonyl (C=O) groups is 1. The average Bonchev–Trinajstić information content (AvgIpc) is 2.67. The normalized spacial score (nSPS) is 25.7. The molecule has 1 fully saturated rings. The van der Waals surface area contributed by atoms with Gasteiger partial charge in [-0.2, -0.15) is 0 Å². The number of carboxylic acids is 1. The summed E-state index contributed by atoms with van der Waals surface area (Å²) in [6.07, 6.45) is 0. The van der Waals surface area contributed by atoms with Crippen LogP contribution in [0.25, 0.3) is 0 Å². The Kier molecular flexibility index (Phi) is 2.57. The minimum atomic E-state index is -0.667. The minimum Gasteiger partial charge on any atom is -0.481 e. The van der Waals surface area contributed by atoms with Gasteiger partial charge in [0.2, 0.25) is 0 Å². The van der Waals surface area contributed by atoms with E-state index in [9.17, 15) is 9.90 Å². The summed E-state index contributed by atoms with van der Waals surface area (Å²) in [6.45, 7) is 10.4. The number of hydrogen-bond acceptors (Lipinski definition) is 1. The molecule has 0 aromatic heterocycles. The molecule has 2 unspecified atom stereocenters. The zero-order chi connectivity index (χ0) is 13.0. The largest absolute Gasteiger partial charge is 0.481 e. The molecule has 1 aliphatic rings. The van der Waals surface area contributed by atoms with Crippen LogP contribution in [0.1, 0.15) is 42.0 Å². The van der Waals surface area contributed by atoms with Crippen LogP contribution in [0.4, 0.5) is 0 Å². The highest BCUT2D eigenvalue weighted by molar-refractivity contribution is 5.78. The van der Waals surface area contributed by atoms with Crippen LogP contribution in [0.5, 0.6) is 0 Å². The second-order valence-electron chi connectivity index (χ2n) is 5.93. The smallest absolute Gasteiger partial charge is 0.307 e. The van der Waals surface area contributed by atoms with E-state index in [-0.39, 0.29) is 17.3 Å². The van der Waals surface area contributed by atoms with Gasteiger partial charge in [-0.05, 0) is 42.9 Å². The highest BCUT2D eigenvalue weighted by Gasteiger charge is 2.63. The van der Waals surface area contributed by atoms with E-state index in [1.54, 1.807) is 0 Å². The molecule has 1 saturated carbocycles. The maximum atomic E-state index is 11.3. The van der Waals surface area contributed by atoms with Gasteiger partial charge in [0.1, 0.15) is 0 Å². The van der Waals surface area contributed by atoms with Gasteiger partial charge in [-0.1, -0.05) is 31.5 Å². The van der Waals surface area contributed by atoms with E-state index < -0.39 is 5.97 Å². The van der Waals surface area contributed by atoms with Crippen molar-refractivity contribution in [2.75, 3.05) is 0 Å². The van der Waals surface area contributed by atoms with E-state index in [0.717, 1.165) is 0 Å². The summed E-state index contributed by atoms with van der Waals surface area (Å²) in [5, 5.41) is 9.26. The number of benzene rings is 1. The van der Waals surface area contributed by atoms with Crippen LogP contribution in [0.3, 0.4) is 0 Å². The van der Waals surface area contributed by atoms with Crippen LogP contribution in [0.15, 0.2) is 12.1 Å². The van der Waals surface area contributed by atoms with E-state index in [2.05, 4.69) is 46.8 Å². The number of aryl methyl sites for hydroxylation is 3. The topological polar surface area (TPSA) is 37.3 Å². The van der Waals surface area contributed by atoms with Crippen molar-refractivity contribution in [1.29, 1.82) is 0 Å². The third-order valence-electron chi connectivity index (χ3n) is 4.14. The lowest BCUT2D eigenvalue weighted by Crippen LogP contribution is -2.03. The molecular weight excluding hydrogens is 212 g/mol. The van der Waals surface area contributed by atoms with Crippen molar-refractivity contribution in [2.45, 2.75) is 40.5 Å². The molecule has 1 N–H and O–H groups in total.